The van der Waals surface area contributed by atoms with Gasteiger partial charge in [-0.2, -0.15) is 0 Å². The smallest absolute Gasteiger partial charge is 0.338 e. The Kier molecular flexibility index (Phi) is 6.93. The molecule has 2 aromatic carbocycles. The second-order valence-electron chi connectivity index (χ2n) is 7.30. The number of hydrogen-bond acceptors (Lipinski definition) is 5. The monoisotopic (exact) mass is 383 g/mol. The molecular formula is C22H25NO5. The number of carbonyl (C=O) groups excluding carboxylic acids is 3. The molecular weight excluding hydrogens is 358 g/mol. The number of ether oxygens (including phenoxy) is 2. The van der Waals surface area contributed by atoms with Crippen LogP contribution in [0.4, 0.5) is 5.69 Å². The molecule has 0 radical (unpaired) electrons. The Morgan fingerprint density at radius 3 is 2.07 bits per heavy atom. The largest absolute Gasteiger partial charge is 0.459 e. The molecule has 0 bridgehead atoms. The number of nitrogens with zero attached hydrogens (tertiary/aromatic N) is 1. The van der Waals surface area contributed by atoms with Gasteiger partial charge in [-0.15, -0.1) is 0 Å². The van der Waals surface area contributed by atoms with E-state index >= 15 is 0 Å². The maximum Gasteiger partial charge on any atom is 0.338 e. The lowest BCUT2D eigenvalue weighted by molar-refractivity contribution is -0.153. The minimum Gasteiger partial charge on any atom is -0.459 e. The van der Waals surface area contributed by atoms with Crippen molar-refractivity contribution in [1.29, 1.82) is 0 Å². The van der Waals surface area contributed by atoms with Gasteiger partial charge in [0.1, 0.15) is 18.8 Å². The summed E-state index contributed by atoms with van der Waals surface area (Å²) in [5.74, 6) is -1.27. The normalized spacial score (nSPS) is 10.9. The quantitative estimate of drug-likeness (QED) is 0.711. The fourth-order valence-corrected chi connectivity index (χ4v) is 2.47. The lowest BCUT2D eigenvalue weighted by Crippen LogP contribution is -2.37. The van der Waals surface area contributed by atoms with E-state index in [1.54, 1.807) is 45.0 Å². The average Bonchev–Trinajstić information content (AvgIpc) is 2.63. The fourth-order valence-electron chi connectivity index (χ4n) is 2.47. The number of anilines is 1. The third kappa shape index (κ3) is 6.54. The number of rotatable bonds is 6. The van der Waals surface area contributed by atoms with Crippen LogP contribution in [0.1, 0.15) is 43.6 Å². The molecule has 6 heteroatoms. The molecule has 0 atom stereocenters. The summed E-state index contributed by atoms with van der Waals surface area (Å²) in [6.45, 7) is 6.63. The van der Waals surface area contributed by atoms with Crippen molar-refractivity contribution in [2.24, 2.45) is 0 Å². The molecule has 148 valence electrons. The SMILES string of the molecule is CC(=O)N(CC(=O)OC(C)(C)C)c1ccc(C(=O)OCc2ccccc2)cc1. The van der Waals surface area contributed by atoms with Crippen molar-refractivity contribution in [2.45, 2.75) is 39.9 Å². The van der Waals surface area contributed by atoms with Crippen LogP contribution in [0.15, 0.2) is 54.6 Å². The standard InChI is InChI=1S/C22H25NO5/c1-16(24)23(14-20(25)28-22(2,3)4)19-12-10-18(11-13-19)21(26)27-15-17-8-6-5-7-9-17/h5-13H,14-15H2,1-4H3. The van der Waals surface area contributed by atoms with Gasteiger partial charge in [-0.3, -0.25) is 9.59 Å². The van der Waals surface area contributed by atoms with Gasteiger partial charge in [0.25, 0.3) is 0 Å². The highest BCUT2D eigenvalue weighted by Crippen LogP contribution is 2.18. The average molecular weight is 383 g/mol. The highest BCUT2D eigenvalue weighted by atomic mass is 16.6. The molecule has 0 unspecified atom stereocenters. The molecule has 0 saturated heterocycles. The molecule has 0 heterocycles. The van der Waals surface area contributed by atoms with Gasteiger partial charge in [0.05, 0.1) is 5.56 Å². The van der Waals surface area contributed by atoms with Crippen LogP contribution in [0.3, 0.4) is 0 Å². The number of hydrogen-bond donors (Lipinski definition) is 0. The van der Waals surface area contributed by atoms with Crippen molar-refractivity contribution in [3.63, 3.8) is 0 Å². The number of esters is 2. The van der Waals surface area contributed by atoms with Crippen LogP contribution < -0.4 is 4.90 Å². The van der Waals surface area contributed by atoms with E-state index in [0.29, 0.717) is 11.3 Å². The van der Waals surface area contributed by atoms with Gasteiger partial charge in [-0.05, 0) is 50.6 Å². The third-order valence-electron chi connectivity index (χ3n) is 3.71. The Morgan fingerprint density at radius 1 is 0.929 bits per heavy atom. The predicted molar refractivity (Wildman–Crippen MR) is 106 cm³/mol. The fraction of sp³-hybridized carbons (Fsp3) is 0.318. The zero-order valence-corrected chi connectivity index (χ0v) is 16.6. The van der Waals surface area contributed by atoms with Gasteiger partial charge in [-0.1, -0.05) is 30.3 Å². The van der Waals surface area contributed by atoms with E-state index < -0.39 is 17.5 Å². The molecule has 0 saturated carbocycles. The highest BCUT2D eigenvalue weighted by Gasteiger charge is 2.21. The maximum atomic E-state index is 12.2. The van der Waals surface area contributed by atoms with Gasteiger partial charge in [0, 0.05) is 12.6 Å². The van der Waals surface area contributed by atoms with Crippen molar-refractivity contribution >= 4 is 23.5 Å². The Morgan fingerprint density at radius 2 is 1.54 bits per heavy atom. The summed E-state index contributed by atoms with van der Waals surface area (Å²) in [6.07, 6.45) is 0. The minimum absolute atomic E-state index is 0.180. The molecule has 0 aliphatic rings. The van der Waals surface area contributed by atoms with Crippen LogP contribution in [-0.2, 0) is 25.7 Å². The van der Waals surface area contributed by atoms with Crippen molar-refractivity contribution in [2.75, 3.05) is 11.4 Å². The topological polar surface area (TPSA) is 72.9 Å². The van der Waals surface area contributed by atoms with Gasteiger partial charge in [0.2, 0.25) is 5.91 Å². The summed E-state index contributed by atoms with van der Waals surface area (Å²) < 4.78 is 10.6. The van der Waals surface area contributed by atoms with Crippen molar-refractivity contribution in [1.82, 2.24) is 0 Å². The van der Waals surface area contributed by atoms with Crippen LogP contribution in [0, 0.1) is 0 Å². The Bertz CT molecular complexity index is 822. The van der Waals surface area contributed by atoms with Crippen LogP contribution >= 0.6 is 0 Å². The predicted octanol–water partition coefficient (Wildman–Crippen LogP) is 3.74. The molecule has 1 amide bonds. The molecule has 0 fully saturated rings. The molecule has 2 aromatic rings. The first-order valence-electron chi connectivity index (χ1n) is 8.97. The lowest BCUT2D eigenvalue weighted by Gasteiger charge is -2.24. The summed E-state index contributed by atoms with van der Waals surface area (Å²) >= 11 is 0. The summed E-state index contributed by atoms with van der Waals surface area (Å²) in [6, 6.07) is 15.7. The Hall–Kier alpha value is -3.15. The van der Waals surface area contributed by atoms with Gasteiger partial charge in [0.15, 0.2) is 0 Å². The van der Waals surface area contributed by atoms with Crippen molar-refractivity contribution in [3.8, 4) is 0 Å². The van der Waals surface area contributed by atoms with Crippen LogP contribution in [0.2, 0.25) is 0 Å². The van der Waals surface area contributed by atoms with Crippen LogP contribution in [-0.4, -0.2) is 30.0 Å². The maximum absolute atomic E-state index is 12.2. The number of benzene rings is 2. The molecule has 0 aliphatic heterocycles. The number of amides is 1. The summed E-state index contributed by atoms with van der Waals surface area (Å²) in [4.78, 5) is 37.5. The first-order chi connectivity index (χ1) is 13.2. The van der Waals surface area contributed by atoms with E-state index in [1.165, 1.54) is 11.8 Å². The molecule has 2 rings (SSSR count). The second kappa shape index (κ2) is 9.17. The van der Waals surface area contributed by atoms with Crippen molar-refractivity contribution < 1.29 is 23.9 Å². The van der Waals surface area contributed by atoms with E-state index in [2.05, 4.69) is 0 Å². The van der Waals surface area contributed by atoms with Crippen LogP contribution in [0.25, 0.3) is 0 Å². The van der Waals surface area contributed by atoms with E-state index in [-0.39, 0.29) is 19.1 Å². The highest BCUT2D eigenvalue weighted by molar-refractivity contribution is 5.97. The third-order valence-corrected chi connectivity index (χ3v) is 3.71. The van der Waals surface area contributed by atoms with Gasteiger partial charge in [-0.25, -0.2) is 4.79 Å². The zero-order chi connectivity index (χ0) is 20.7. The molecule has 0 N–H and O–H groups in total. The molecule has 0 aromatic heterocycles. The Balaban J connectivity index is 2.02. The van der Waals surface area contributed by atoms with E-state index in [1.807, 2.05) is 30.3 Å². The second-order valence-corrected chi connectivity index (χ2v) is 7.30. The summed E-state index contributed by atoms with van der Waals surface area (Å²) in [5, 5.41) is 0. The first-order valence-corrected chi connectivity index (χ1v) is 8.97. The van der Waals surface area contributed by atoms with Crippen molar-refractivity contribution in [3.05, 3.63) is 65.7 Å². The van der Waals surface area contributed by atoms with E-state index in [9.17, 15) is 14.4 Å². The minimum atomic E-state index is -0.633. The molecule has 28 heavy (non-hydrogen) atoms. The van der Waals surface area contributed by atoms with Gasteiger partial charge < -0.3 is 14.4 Å². The number of carbonyl (C=O) groups is 3. The molecule has 6 nitrogen and oxygen atoms in total. The van der Waals surface area contributed by atoms with Crippen LogP contribution in [0.5, 0.6) is 0 Å². The van der Waals surface area contributed by atoms with E-state index in [4.69, 9.17) is 9.47 Å². The molecule has 0 aliphatic carbocycles. The Labute approximate surface area is 165 Å². The first kappa shape index (κ1) is 21.2. The zero-order valence-electron chi connectivity index (χ0n) is 16.6. The summed E-state index contributed by atoms with van der Waals surface area (Å²) in [7, 11) is 0. The van der Waals surface area contributed by atoms with Gasteiger partial charge >= 0.3 is 11.9 Å². The van der Waals surface area contributed by atoms with E-state index in [0.717, 1.165) is 5.56 Å². The summed E-state index contributed by atoms with van der Waals surface area (Å²) in [5.41, 5.74) is 1.12. The molecule has 0 spiro atoms. The lowest BCUT2D eigenvalue weighted by atomic mass is 10.2.